The first kappa shape index (κ1) is 24.0. The highest BCUT2D eigenvalue weighted by atomic mass is 35.5. The molecule has 3 rings (SSSR count). The smallest absolute Gasteiger partial charge is 0.409 e. The predicted molar refractivity (Wildman–Crippen MR) is 120 cm³/mol. The van der Waals surface area contributed by atoms with Gasteiger partial charge in [-0.15, -0.1) is 12.4 Å². The van der Waals surface area contributed by atoms with Gasteiger partial charge in [0.2, 0.25) is 0 Å². The maximum absolute atomic E-state index is 12.8. The van der Waals surface area contributed by atoms with Gasteiger partial charge in [-0.3, -0.25) is 10.1 Å². The molecule has 1 heterocycles. The van der Waals surface area contributed by atoms with Crippen LogP contribution in [0.5, 0.6) is 11.5 Å². The van der Waals surface area contributed by atoms with Gasteiger partial charge in [0, 0.05) is 17.5 Å². The van der Waals surface area contributed by atoms with Gasteiger partial charge in [-0.25, -0.2) is 15.2 Å². The van der Waals surface area contributed by atoms with Crippen molar-refractivity contribution in [2.45, 2.75) is 26.3 Å². The summed E-state index contributed by atoms with van der Waals surface area (Å²) >= 11 is 0. The zero-order valence-corrected chi connectivity index (χ0v) is 18.1. The number of ether oxygens (including phenoxy) is 2. The predicted octanol–water partition coefficient (Wildman–Crippen LogP) is 4.60. The second-order valence-electron chi connectivity index (χ2n) is 6.56. The van der Waals surface area contributed by atoms with E-state index in [1.54, 1.807) is 30.5 Å². The van der Waals surface area contributed by atoms with Gasteiger partial charge in [0.1, 0.15) is 0 Å². The molecule has 166 valence electrons. The van der Waals surface area contributed by atoms with Crippen LogP contribution in [0, 0.1) is 0 Å². The average Bonchev–Trinajstić information content (AvgIpc) is 2.75. The number of halogens is 1. The number of nitrogens with zero attached hydrogens (tertiary/aromatic N) is 1. The van der Waals surface area contributed by atoms with Gasteiger partial charge < -0.3 is 14.6 Å². The number of hydrazine groups is 1. The van der Waals surface area contributed by atoms with E-state index in [-0.39, 0.29) is 24.4 Å². The molecule has 0 saturated heterocycles. The van der Waals surface area contributed by atoms with Crippen molar-refractivity contribution in [3.05, 3.63) is 65.9 Å². The monoisotopic (exact) mass is 447 g/mol. The van der Waals surface area contributed by atoms with Crippen molar-refractivity contribution in [3.63, 3.8) is 0 Å². The number of anilines is 1. The first-order valence-electron chi connectivity index (χ1n) is 9.77. The third-order valence-corrected chi connectivity index (χ3v) is 4.49. The van der Waals surface area contributed by atoms with E-state index in [9.17, 15) is 9.59 Å². The molecule has 1 aliphatic rings. The van der Waals surface area contributed by atoms with Crippen LogP contribution in [0.4, 0.5) is 10.5 Å². The molecule has 0 spiro atoms. The third kappa shape index (κ3) is 6.13. The molecule has 31 heavy (non-hydrogen) atoms. The quantitative estimate of drug-likeness (QED) is 0.573. The Morgan fingerprint density at radius 2 is 1.77 bits per heavy atom. The molecule has 0 saturated carbocycles. The number of nitrogens with one attached hydrogen (secondary N) is 2. The minimum absolute atomic E-state index is 0. The van der Waals surface area contributed by atoms with E-state index in [2.05, 4.69) is 10.7 Å². The molecular weight excluding hydrogens is 422 g/mol. The fraction of sp³-hybridized carbons (Fsp3) is 0.273. The Morgan fingerprint density at radius 3 is 2.42 bits per heavy atom. The zero-order valence-electron chi connectivity index (χ0n) is 17.3. The Hall–Kier alpha value is -3.23. The summed E-state index contributed by atoms with van der Waals surface area (Å²) in [4.78, 5) is 23.6. The molecule has 0 aliphatic carbocycles. The van der Waals surface area contributed by atoms with E-state index in [4.69, 9.17) is 14.6 Å². The van der Waals surface area contributed by atoms with Gasteiger partial charge in [-0.1, -0.05) is 12.1 Å². The Bertz CT molecular complexity index is 933. The number of carbonyl (C=O) groups excluding carboxylic acids is 1. The van der Waals surface area contributed by atoms with Crippen molar-refractivity contribution in [3.8, 4) is 11.5 Å². The normalized spacial score (nSPS) is 15.0. The molecule has 2 aromatic rings. The zero-order chi connectivity index (χ0) is 21.5. The Balaban J connectivity index is 0.00000341. The topological polar surface area (TPSA) is 100 Å². The summed E-state index contributed by atoms with van der Waals surface area (Å²) in [6, 6.07) is 11.9. The molecular formula is C22H26ClN3O5. The van der Waals surface area contributed by atoms with E-state index in [1.165, 1.54) is 5.01 Å². The van der Waals surface area contributed by atoms with E-state index in [0.29, 0.717) is 42.4 Å². The van der Waals surface area contributed by atoms with E-state index in [0.717, 1.165) is 5.56 Å². The van der Waals surface area contributed by atoms with Crippen molar-refractivity contribution < 1.29 is 24.2 Å². The van der Waals surface area contributed by atoms with E-state index < -0.39 is 6.09 Å². The van der Waals surface area contributed by atoms with Crippen molar-refractivity contribution in [2.24, 2.45) is 0 Å². The molecule has 8 nitrogen and oxygen atoms in total. The summed E-state index contributed by atoms with van der Waals surface area (Å²) in [6.07, 6.45) is 3.18. The van der Waals surface area contributed by atoms with Crippen LogP contribution in [-0.4, -0.2) is 35.3 Å². The Morgan fingerprint density at radius 1 is 1.10 bits per heavy atom. The first-order chi connectivity index (χ1) is 14.5. The van der Waals surface area contributed by atoms with Gasteiger partial charge in [-0.2, -0.15) is 0 Å². The molecule has 1 atom stereocenters. The minimum Gasteiger partial charge on any atom is -0.490 e. The maximum atomic E-state index is 12.8. The molecule has 0 bridgehead atoms. The van der Waals surface area contributed by atoms with Crippen LogP contribution in [0.1, 0.15) is 42.2 Å². The molecule has 0 aromatic heterocycles. The molecule has 0 fully saturated rings. The SMILES string of the molecule is CCOc1ccc(C2CC=CN(C(=O)c3ccc(NC(=O)O)cc3)N2)cc1OCC.Cl. The molecule has 2 aromatic carbocycles. The van der Waals surface area contributed by atoms with Gasteiger partial charge in [-0.05, 0) is 62.2 Å². The highest BCUT2D eigenvalue weighted by molar-refractivity contribution is 5.95. The number of hydrogen-bond donors (Lipinski definition) is 3. The molecule has 0 radical (unpaired) electrons. The van der Waals surface area contributed by atoms with Crippen molar-refractivity contribution in [2.75, 3.05) is 18.5 Å². The summed E-state index contributed by atoms with van der Waals surface area (Å²) in [5.41, 5.74) is 5.04. The summed E-state index contributed by atoms with van der Waals surface area (Å²) in [5, 5.41) is 12.4. The molecule has 1 aliphatic heterocycles. The van der Waals surface area contributed by atoms with Crippen LogP contribution in [-0.2, 0) is 0 Å². The summed E-state index contributed by atoms with van der Waals surface area (Å²) < 4.78 is 11.3. The fourth-order valence-electron chi connectivity index (χ4n) is 3.15. The largest absolute Gasteiger partial charge is 0.490 e. The lowest BCUT2D eigenvalue weighted by molar-refractivity contribution is 0.0713. The van der Waals surface area contributed by atoms with Crippen LogP contribution in [0.2, 0.25) is 0 Å². The van der Waals surface area contributed by atoms with Crippen LogP contribution in [0.25, 0.3) is 0 Å². The van der Waals surface area contributed by atoms with Crippen molar-refractivity contribution in [1.82, 2.24) is 10.4 Å². The van der Waals surface area contributed by atoms with Gasteiger partial charge >= 0.3 is 6.09 Å². The lowest BCUT2D eigenvalue weighted by Gasteiger charge is -2.30. The highest BCUT2D eigenvalue weighted by Crippen LogP contribution is 2.32. The maximum Gasteiger partial charge on any atom is 0.409 e. The Kier molecular flexibility index (Phi) is 8.72. The molecule has 3 N–H and O–H groups in total. The van der Waals surface area contributed by atoms with Crippen LogP contribution < -0.4 is 20.2 Å². The fourth-order valence-corrected chi connectivity index (χ4v) is 3.15. The van der Waals surface area contributed by atoms with E-state index in [1.807, 2.05) is 38.1 Å². The molecule has 2 amide bonds. The molecule has 9 heteroatoms. The highest BCUT2D eigenvalue weighted by Gasteiger charge is 2.23. The number of amides is 2. The standard InChI is InChI=1S/C22H25N3O5.ClH/c1-3-29-19-12-9-16(14-20(19)30-4-2)18-6-5-13-25(24-18)21(26)15-7-10-17(11-8-15)23-22(27)28;/h5,7-14,18,23-24H,3-4,6H2,1-2H3,(H,27,28);1H. The number of hydrogen-bond acceptors (Lipinski definition) is 5. The van der Waals surface area contributed by atoms with Gasteiger partial charge in [0.25, 0.3) is 5.91 Å². The lowest BCUT2D eigenvalue weighted by atomic mass is 10.0. The summed E-state index contributed by atoms with van der Waals surface area (Å²) in [6.45, 7) is 4.91. The number of carbonyl (C=O) groups is 2. The summed E-state index contributed by atoms with van der Waals surface area (Å²) in [5.74, 6) is 1.12. The second-order valence-corrected chi connectivity index (χ2v) is 6.56. The van der Waals surface area contributed by atoms with E-state index >= 15 is 0 Å². The minimum atomic E-state index is -1.15. The van der Waals surface area contributed by atoms with Crippen LogP contribution in [0.15, 0.2) is 54.7 Å². The van der Waals surface area contributed by atoms with Crippen molar-refractivity contribution >= 4 is 30.1 Å². The van der Waals surface area contributed by atoms with Gasteiger partial charge in [0.05, 0.1) is 19.3 Å². The van der Waals surface area contributed by atoms with Crippen LogP contribution in [0.3, 0.4) is 0 Å². The van der Waals surface area contributed by atoms with Crippen molar-refractivity contribution in [1.29, 1.82) is 0 Å². The number of carboxylic acid groups (broad SMARTS) is 1. The number of rotatable bonds is 7. The average molecular weight is 448 g/mol. The summed E-state index contributed by atoms with van der Waals surface area (Å²) in [7, 11) is 0. The second kappa shape index (κ2) is 11.2. The lowest BCUT2D eigenvalue weighted by Crippen LogP contribution is -2.43. The van der Waals surface area contributed by atoms with Crippen LogP contribution >= 0.6 is 12.4 Å². The Labute approximate surface area is 187 Å². The first-order valence-corrected chi connectivity index (χ1v) is 9.77. The van der Waals surface area contributed by atoms with Gasteiger partial charge in [0.15, 0.2) is 11.5 Å². The third-order valence-electron chi connectivity index (χ3n) is 4.49. The number of benzene rings is 2. The molecule has 1 unspecified atom stereocenters.